The first-order valence-corrected chi connectivity index (χ1v) is 6.79. The standard InChI is InChI=1S/C6H17N2O3PS/c7-3-1-4-8-5-2-6-11-12(9,10)13/h8H,1-7H2,(H2,9,10,13). The van der Waals surface area contributed by atoms with Crippen LogP contribution in [0.2, 0.25) is 0 Å². The summed E-state index contributed by atoms with van der Waals surface area (Å²) >= 11 is 4.27. The molecule has 0 aromatic carbocycles. The van der Waals surface area contributed by atoms with Crippen LogP contribution in [0.3, 0.4) is 0 Å². The molecule has 80 valence electrons. The molecule has 0 radical (unpaired) electrons. The van der Waals surface area contributed by atoms with Gasteiger partial charge in [-0.2, -0.15) is 0 Å². The van der Waals surface area contributed by atoms with E-state index in [1.807, 2.05) is 0 Å². The van der Waals surface area contributed by atoms with Crippen LogP contribution in [-0.2, 0) is 16.3 Å². The predicted molar refractivity (Wildman–Crippen MR) is 55.8 cm³/mol. The highest BCUT2D eigenvalue weighted by atomic mass is 32.5. The number of nitrogens with one attached hydrogen (secondary N) is 1. The topological polar surface area (TPSA) is 87.7 Å². The largest absolute Gasteiger partial charge is 0.330 e. The summed E-state index contributed by atoms with van der Waals surface area (Å²) in [5, 5.41) is 3.13. The third-order valence-electron chi connectivity index (χ3n) is 1.32. The van der Waals surface area contributed by atoms with E-state index in [9.17, 15) is 0 Å². The molecule has 0 saturated carbocycles. The Kier molecular flexibility index (Phi) is 8.09. The third-order valence-corrected chi connectivity index (χ3v) is 2.15. The van der Waals surface area contributed by atoms with Crippen molar-refractivity contribution in [3.63, 3.8) is 0 Å². The molecular formula is C6H17N2O3PS. The average molecular weight is 228 g/mol. The van der Waals surface area contributed by atoms with Crippen molar-refractivity contribution in [3.05, 3.63) is 0 Å². The third kappa shape index (κ3) is 12.4. The molecule has 5 nitrogen and oxygen atoms in total. The molecule has 13 heavy (non-hydrogen) atoms. The molecule has 0 atom stereocenters. The lowest BCUT2D eigenvalue weighted by Gasteiger charge is -2.08. The SMILES string of the molecule is NCCCNCCCOP(O)(O)=S. The second kappa shape index (κ2) is 7.82. The summed E-state index contributed by atoms with van der Waals surface area (Å²) in [6.07, 6.45) is 1.66. The van der Waals surface area contributed by atoms with E-state index in [0.717, 1.165) is 19.5 Å². The van der Waals surface area contributed by atoms with Crippen molar-refractivity contribution in [2.45, 2.75) is 12.8 Å². The maximum absolute atomic E-state index is 8.68. The Morgan fingerprint density at radius 2 is 1.92 bits per heavy atom. The van der Waals surface area contributed by atoms with Gasteiger partial charge in [0.25, 0.3) is 0 Å². The summed E-state index contributed by atoms with van der Waals surface area (Å²) in [6.45, 7) is -0.835. The Labute approximate surface area is 83.5 Å². The number of nitrogens with two attached hydrogens (primary N) is 1. The van der Waals surface area contributed by atoms with Crippen molar-refractivity contribution < 1.29 is 14.3 Å². The Bertz CT molecular complexity index is 164. The Morgan fingerprint density at radius 1 is 1.31 bits per heavy atom. The van der Waals surface area contributed by atoms with E-state index in [1.54, 1.807) is 0 Å². The highest BCUT2D eigenvalue weighted by Gasteiger charge is 2.05. The molecule has 0 aliphatic rings. The highest BCUT2D eigenvalue weighted by molar-refractivity contribution is 8.06. The first kappa shape index (κ1) is 13.4. The van der Waals surface area contributed by atoms with Crippen LogP contribution in [0.4, 0.5) is 0 Å². The number of hydrogen-bond acceptors (Lipinski definition) is 4. The van der Waals surface area contributed by atoms with Crippen LogP contribution in [0.1, 0.15) is 12.8 Å². The zero-order chi connectivity index (χ0) is 10.2. The van der Waals surface area contributed by atoms with Crippen molar-refractivity contribution in [1.82, 2.24) is 5.32 Å². The van der Waals surface area contributed by atoms with Crippen LogP contribution in [0.5, 0.6) is 0 Å². The van der Waals surface area contributed by atoms with Crippen molar-refractivity contribution in [2.24, 2.45) is 5.73 Å². The van der Waals surface area contributed by atoms with Crippen molar-refractivity contribution in [2.75, 3.05) is 26.2 Å². The van der Waals surface area contributed by atoms with Gasteiger partial charge in [0.1, 0.15) is 0 Å². The zero-order valence-corrected chi connectivity index (χ0v) is 9.19. The quantitative estimate of drug-likeness (QED) is 0.332. The summed E-state index contributed by atoms with van der Waals surface area (Å²) in [6, 6.07) is 0. The first-order chi connectivity index (χ1) is 6.06. The normalized spacial score (nSPS) is 11.9. The molecule has 0 unspecified atom stereocenters. The van der Waals surface area contributed by atoms with Gasteiger partial charge in [-0.15, -0.1) is 0 Å². The summed E-state index contributed by atoms with van der Waals surface area (Å²) in [4.78, 5) is 17.4. The molecule has 0 fully saturated rings. The average Bonchev–Trinajstić information content (AvgIpc) is 2.01. The van der Waals surface area contributed by atoms with Gasteiger partial charge >= 0.3 is 6.72 Å². The second-order valence-corrected chi connectivity index (χ2v) is 5.24. The van der Waals surface area contributed by atoms with Crippen LogP contribution in [0, 0.1) is 0 Å². The molecule has 0 rings (SSSR count). The molecule has 0 aliphatic heterocycles. The van der Waals surface area contributed by atoms with Gasteiger partial charge in [-0.25, -0.2) is 0 Å². The fourth-order valence-electron chi connectivity index (χ4n) is 0.733. The van der Waals surface area contributed by atoms with Gasteiger partial charge < -0.3 is 25.4 Å². The van der Waals surface area contributed by atoms with Crippen molar-refractivity contribution in [3.8, 4) is 0 Å². The molecule has 0 bridgehead atoms. The molecule has 0 saturated heterocycles. The van der Waals surface area contributed by atoms with Crippen LogP contribution < -0.4 is 11.1 Å². The minimum absolute atomic E-state index is 0.278. The lowest BCUT2D eigenvalue weighted by atomic mass is 10.4. The van der Waals surface area contributed by atoms with Gasteiger partial charge in [0.15, 0.2) is 0 Å². The first-order valence-electron chi connectivity index (χ1n) is 4.17. The van der Waals surface area contributed by atoms with E-state index in [2.05, 4.69) is 21.6 Å². The van der Waals surface area contributed by atoms with E-state index in [4.69, 9.17) is 15.5 Å². The lowest BCUT2D eigenvalue weighted by Crippen LogP contribution is -2.20. The molecule has 0 heterocycles. The van der Waals surface area contributed by atoms with Gasteiger partial charge in [0.2, 0.25) is 0 Å². The van der Waals surface area contributed by atoms with Crippen molar-refractivity contribution >= 4 is 18.5 Å². The van der Waals surface area contributed by atoms with E-state index in [-0.39, 0.29) is 6.61 Å². The molecule has 0 aromatic rings. The van der Waals surface area contributed by atoms with E-state index in [1.165, 1.54) is 0 Å². The summed E-state index contributed by atoms with van der Waals surface area (Å²) in [7, 11) is 0. The van der Waals surface area contributed by atoms with E-state index in [0.29, 0.717) is 13.0 Å². The molecule has 0 aromatic heterocycles. The van der Waals surface area contributed by atoms with Gasteiger partial charge in [0.05, 0.1) is 6.61 Å². The van der Waals surface area contributed by atoms with Crippen LogP contribution >= 0.6 is 6.72 Å². The molecule has 0 amide bonds. The zero-order valence-electron chi connectivity index (χ0n) is 7.48. The fraction of sp³-hybridized carbons (Fsp3) is 1.00. The van der Waals surface area contributed by atoms with Crippen molar-refractivity contribution in [1.29, 1.82) is 0 Å². The maximum atomic E-state index is 8.68. The maximum Gasteiger partial charge on any atom is 0.321 e. The van der Waals surface area contributed by atoms with Gasteiger partial charge in [-0.1, -0.05) is 0 Å². The van der Waals surface area contributed by atoms with E-state index >= 15 is 0 Å². The van der Waals surface area contributed by atoms with Gasteiger partial charge in [-0.05, 0) is 44.3 Å². The highest BCUT2D eigenvalue weighted by Crippen LogP contribution is 2.35. The lowest BCUT2D eigenvalue weighted by molar-refractivity contribution is 0.247. The van der Waals surface area contributed by atoms with E-state index < -0.39 is 6.72 Å². The van der Waals surface area contributed by atoms with Crippen LogP contribution in [-0.4, -0.2) is 36.0 Å². The smallest absolute Gasteiger partial charge is 0.321 e. The molecular weight excluding hydrogens is 211 g/mol. The summed E-state index contributed by atoms with van der Waals surface area (Å²) in [5.74, 6) is 0. The molecule has 5 N–H and O–H groups in total. The van der Waals surface area contributed by atoms with Crippen LogP contribution in [0.15, 0.2) is 0 Å². The Hall–Kier alpha value is 0.450. The minimum atomic E-state index is -3.44. The summed E-state index contributed by atoms with van der Waals surface area (Å²) < 4.78 is 4.61. The van der Waals surface area contributed by atoms with Crippen LogP contribution in [0.25, 0.3) is 0 Å². The number of hydrogen-bond donors (Lipinski definition) is 4. The number of rotatable bonds is 8. The Morgan fingerprint density at radius 3 is 2.46 bits per heavy atom. The van der Waals surface area contributed by atoms with Gasteiger partial charge in [-0.3, -0.25) is 0 Å². The second-order valence-electron chi connectivity index (χ2n) is 2.57. The Balaban J connectivity index is 3.04. The summed E-state index contributed by atoms with van der Waals surface area (Å²) in [5.41, 5.74) is 5.29. The molecule has 0 aliphatic carbocycles. The fourth-order valence-corrected chi connectivity index (χ4v) is 1.32. The molecule has 7 heteroatoms. The monoisotopic (exact) mass is 228 g/mol. The minimum Gasteiger partial charge on any atom is -0.330 e. The van der Waals surface area contributed by atoms with Gasteiger partial charge in [0, 0.05) is 0 Å². The predicted octanol–water partition coefficient (Wildman–Crippen LogP) is -0.459. The molecule has 0 spiro atoms.